The number of nitrogens with one attached hydrogen (secondary N) is 1. The lowest BCUT2D eigenvalue weighted by molar-refractivity contribution is 0.206. The van der Waals surface area contributed by atoms with Gasteiger partial charge in [0.2, 0.25) is 0 Å². The van der Waals surface area contributed by atoms with Crippen LogP contribution in [-0.4, -0.2) is 30.1 Å². The van der Waals surface area contributed by atoms with Crippen molar-refractivity contribution in [2.75, 3.05) is 25.0 Å². The summed E-state index contributed by atoms with van der Waals surface area (Å²) in [5.74, 6) is 0. The van der Waals surface area contributed by atoms with Crippen LogP contribution in [0.2, 0.25) is 0 Å². The lowest BCUT2D eigenvalue weighted by Crippen LogP contribution is -2.48. The van der Waals surface area contributed by atoms with Gasteiger partial charge in [-0.15, -0.1) is 0 Å². The van der Waals surface area contributed by atoms with Gasteiger partial charge in [-0.25, -0.2) is 0 Å². The van der Waals surface area contributed by atoms with Gasteiger partial charge in [0, 0.05) is 23.2 Å². The second-order valence-electron chi connectivity index (χ2n) is 4.76. The number of hydrogen-bond acceptors (Lipinski definition) is 3. The second-order valence-corrected chi connectivity index (χ2v) is 5.68. The Kier molecular flexibility index (Phi) is 4.26. The first-order chi connectivity index (χ1) is 8.67. The summed E-state index contributed by atoms with van der Waals surface area (Å²) >= 11 is 3.46. The fourth-order valence-corrected chi connectivity index (χ4v) is 2.76. The SMILES string of the molecule is CCN1CCC(C#N)(Nc2cccc(Br)c2)CC1. The van der Waals surface area contributed by atoms with Crippen molar-refractivity contribution in [1.82, 2.24) is 4.90 Å². The molecule has 18 heavy (non-hydrogen) atoms. The highest BCUT2D eigenvalue weighted by Gasteiger charge is 2.34. The van der Waals surface area contributed by atoms with Crippen molar-refractivity contribution in [2.24, 2.45) is 0 Å². The third-order valence-electron chi connectivity index (χ3n) is 3.58. The molecule has 0 saturated carbocycles. The van der Waals surface area contributed by atoms with E-state index < -0.39 is 5.54 Å². The number of anilines is 1. The van der Waals surface area contributed by atoms with Crippen LogP contribution in [0.5, 0.6) is 0 Å². The minimum absolute atomic E-state index is 0.410. The molecule has 1 aromatic rings. The van der Waals surface area contributed by atoms with E-state index in [-0.39, 0.29) is 0 Å². The van der Waals surface area contributed by atoms with Gasteiger partial charge in [-0.2, -0.15) is 5.26 Å². The molecule has 2 rings (SSSR count). The predicted molar refractivity (Wildman–Crippen MR) is 77.5 cm³/mol. The van der Waals surface area contributed by atoms with Gasteiger partial charge in [0.15, 0.2) is 0 Å². The van der Waals surface area contributed by atoms with Crippen LogP contribution in [0.4, 0.5) is 5.69 Å². The van der Waals surface area contributed by atoms with Crippen LogP contribution in [0.25, 0.3) is 0 Å². The molecule has 3 nitrogen and oxygen atoms in total. The van der Waals surface area contributed by atoms with Gasteiger partial charge in [0.25, 0.3) is 0 Å². The first kappa shape index (κ1) is 13.4. The summed E-state index contributed by atoms with van der Waals surface area (Å²) in [6, 6.07) is 10.5. The van der Waals surface area contributed by atoms with Crippen molar-refractivity contribution in [3.05, 3.63) is 28.7 Å². The highest BCUT2D eigenvalue weighted by molar-refractivity contribution is 9.10. The normalized spacial score (nSPS) is 19.2. The quantitative estimate of drug-likeness (QED) is 0.932. The molecule has 1 N–H and O–H groups in total. The molecular formula is C14H18BrN3. The molecule has 0 aromatic heterocycles. The molecule has 0 bridgehead atoms. The van der Waals surface area contributed by atoms with E-state index in [1.54, 1.807) is 0 Å². The van der Waals surface area contributed by atoms with Gasteiger partial charge in [-0.1, -0.05) is 28.9 Å². The lowest BCUT2D eigenvalue weighted by Gasteiger charge is -2.38. The fraction of sp³-hybridized carbons (Fsp3) is 0.500. The minimum atomic E-state index is -0.410. The standard InChI is InChI=1S/C14H18BrN3/c1-2-18-8-6-14(11-16,7-9-18)17-13-5-3-4-12(15)10-13/h3-5,10,17H,2,6-9H2,1H3. The average molecular weight is 308 g/mol. The molecule has 1 aliphatic rings. The molecule has 4 heteroatoms. The monoisotopic (exact) mass is 307 g/mol. The van der Waals surface area contributed by atoms with E-state index in [4.69, 9.17) is 0 Å². The topological polar surface area (TPSA) is 39.1 Å². The summed E-state index contributed by atoms with van der Waals surface area (Å²) in [7, 11) is 0. The van der Waals surface area contributed by atoms with Crippen molar-refractivity contribution in [2.45, 2.75) is 25.3 Å². The number of piperidine rings is 1. The first-order valence-corrected chi connectivity index (χ1v) is 7.14. The summed E-state index contributed by atoms with van der Waals surface area (Å²) in [4.78, 5) is 2.39. The molecule has 1 fully saturated rings. The molecule has 0 atom stereocenters. The van der Waals surface area contributed by atoms with E-state index in [2.05, 4.69) is 39.1 Å². The number of nitrogens with zero attached hydrogens (tertiary/aromatic N) is 2. The molecule has 1 aliphatic heterocycles. The first-order valence-electron chi connectivity index (χ1n) is 6.35. The van der Waals surface area contributed by atoms with Gasteiger partial charge < -0.3 is 10.2 Å². The Morgan fingerprint density at radius 3 is 2.72 bits per heavy atom. The molecule has 0 aliphatic carbocycles. The van der Waals surface area contributed by atoms with Crippen molar-refractivity contribution in [3.8, 4) is 6.07 Å². The zero-order chi connectivity index (χ0) is 13.0. The van der Waals surface area contributed by atoms with Gasteiger partial charge in [0.1, 0.15) is 5.54 Å². The van der Waals surface area contributed by atoms with Gasteiger partial charge in [-0.05, 0) is 37.6 Å². The Morgan fingerprint density at radius 2 is 2.17 bits per heavy atom. The number of benzene rings is 1. The van der Waals surface area contributed by atoms with Gasteiger partial charge in [-0.3, -0.25) is 0 Å². The van der Waals surface area contributed by atoms with Crippen molar-refractivity contribution < 1.29 is 0 Å². The van der Waals surface area contributed by atoms with E-state index in [0.29, 0.717) is 0 Å². The van der Waals surface area contributed by atoms with Crippen LogP contribution in [-0.2, 0) is 0 Å². The largest absolute Gasteiger partial charge is 0.367 e. The van der Waals surface area contributed by atoms with E-state index in [1.165, 1.54) is 0 Å². The maximum absolute atomic E-state index is 9.49. The van der Waals surface area contributed by atoms with Crippen molar-refractivity contribution >= 4 is 21.6 Å². The van der Waals surface area contributed by atoms with Gasteiger partial charge >= 0.3 is 0 Å². The van der Waals surface area contributed by atoms with Crippen LogP contribution in [0.3, 0.4) is 0 Å². The Labute approximate surface area is 117 Å². The van der Waals surface area contributed by atoms with E-state index in [0.717, 1.165) is 42.6 Å². The number of nitriles is 1. The Hall–Kier alpha value is -1.05. The molecule has 1 saturated heterocycles. The smallest absolute Gasteiger partial charge is 0.127 e. The van der Waals surface area contributed by atoms with Crippen LogP contribution >= 0.6 is 15.9 Å². The van der Waals surface area contributed by atoms with E-state index >= 15 is 0 Å². The Bertz CT molecular complexity index is 445. The summed E-state index contributed by atoms with van der Waals surface area (Å²) in [5.41, 5.74) is 0.600. The van der Waals surface area contributed by atoms with Crippen LogP contribution < -0.4 is 5.32 Å². The maximum Gasteiger partial charge on any atom is 0.127 e. The summed E-state index contributed by atoms with van der Waals surface area (Å²) in [6.07, 6.45) is 1.76. The van der Waals surface area contributed by atoms with Gasteiger partial charge in [0.05, 0.1) is 6.07 Å². The van der Waals surface area contributed by atoms with Crippen molar-refractivity contribution in [1.29, 1.82) is 5.26 Å². The summed E-state index contributed by atoms with van der Waals surface area (Å²) in [6.45, 7) is 5.22. The number of likely N-dealkylation sites (tertiary alicyclic amines) is 1. The average Bonchev–Trinajstić information content (AvgIpc) is 2.39. The number of rotatable bonds is 3. The third kappa shape index (κ3) is 3.04. The molecule has 0 spiro atoms. The molecular weight excluding hydrogens is 290 g/mol. The highest BCUT2D eigenvalue weighted by Crippen LogP contribution is 2.27. The van der Waals surface area contributed by atoms with Crippen LogP contribution in [0.1, 0.15) is 19.8 Å². The fourth-order valence-electron chi connectivity index (χ4n) is 2.36. The molecule has 1 heterocycles. The Balaban J connectivity index is 2.08. The third-order valence-corrected chi connectivity index (χ3v) is 4.07. The van der Waals surface area contributed by atoms with E-state index in [9.17, 15) is 5.26 Å². The molecule has 1 aromatic carbocycles. The number of hydrogen-bond donors (Lipinski definition) is 1. The van der Waals surface area contributed by atoms with Crippen LogP contribution in [0, 0.1) is 11.3 Å². The zero-order valence-electron chi connectivity index (χ0n) is 10.6. The zero-order valence-corrected chi connectivity index (χ0v) is 12.2. The molecule has 96 valence electrons. The predicted octanol–water partition coefficient (Wildman–Crippen LogP) is 3.24. The lowest BCUT2D eigenvalue weighted by atomic mass is 9.88. The minimum Gasteiger partial charge on any atom is -0.367 e. The van der Waals surface area contributed by atoms with Crippen LogP contribution in [0.15, 0.2) is 28.7 Å². The summed E-state index contributed by atoms with van der Waals surface area (Å²) in [5, 5.41) is 12.9. The van der Waals surface area contributed by atoms with E-state index in [1.807, 2.05) is 24.3 Å². The highest BCUT2D eigenvalue weighted by atomic mass is 79.9. The summed E-state index contributed by atoms with van der Waals surface area (Å²) < 4.78 is 1.03. The molecule has 0 amide bonds. The number of halogens is 1. The Morgan fingerprint density at radius 1 is 1.44 bits per heavy atom. The molecule has 0 unspecified atom stereocenters. The molecule has 0 radical (unpaired) electrons. The second kappa shape index (κ2) is 5.73. The maximum atomic E-state index is 9.49. The van der Waals surface area contributed by atoms with Crippen molar-refractivity contribution in [3.63, 3.8) is 0 Å².